The third-order valence-electron chi connectivity index (χ3n) is 3.08. The smallest absolute Gasteiger partial charge is 0.134 e. The molecule has 3 N–H and O–H groups in total. The fourth-order valence-electron chi connectivity index (χ4n) is 2.19. The van der Waals surface area contributed by atoms with Crippen LogP contribution in [0.25, 0.3) is 11.3 Å². The van der Waals surface area contributed by atoms with Gasteiger partial charge >= 0.3 is 0 Å². The van der Waals surface area contributed by atoms with Gasteiger partial charge in [0, 0.05) is 5.56 Å². The van der Waals surface area contributed by atoms with Crippen LogP contribution >= 0.6 is 11.6 Å². The van der Waals surface area contributed by atoms with Crippen molar-refractivity contribution in [2.75, 3.05) is 6.61 Å². The van der Waals surface area contributed by atoms with Gasteiger partial charge in [-0.1, -0.05) is 11.6 Å². The van der Waals surface area contributed by atoms with Crippen LogP contribution < -0.4 is 10.5 Å². The average Bonchev–Trinajstić information content (AvgIpc) is 2.79. The minimum atomic E-state index is 0.355. The standard InChI is InChI=1S/C13H14ClN3O/c14-13-12(16-11(7-15)17-13)9-3-4-10-8(6-9)2-1-5-18-10/h3-4,6H,1-2,5,7,15H2,(H,16,17). The Morgan fingerprint density at radius 1 is 1.44 bits per heavy atom. The van der Waals surface area contributed by atoms with Gasteiger partial charge in [-0.25, -0.2) is 4.98 Å². The van der Waals surface area contributed by atoms with Gasteiger partial charge in [-0.05, 0) is 36.6 Å². The number of hydrogen-bond acceptors (Lipinski definition) is 3. The second kappa shape index (κ2) is 4.63. The normalized spacial score (nSPS) is 14.1. The Labute approximate surface area is 110 Å². The lowest BCUT2D eigenvalue weighted by atomic mass is 10.0. The third kappa shape index (κ3) is 1.98. The van der Waals surface area contributed by atoms with Crippen molar-refractivity contribution in [1.29, 1.82) is 0 Å². The zero-order valence-electron chi connectivity index (χ0n) is 9.87. The largest absolute Gasteiger partial charge is 0.493 e. The van der Waals surface area contributed by atoms with Crippen molar-refractivity contribution in [3.8, 4) is 17.0 Å². The molecule has 0 atom stereocenters. The maximum atomic E-state index is 6.14. The van der Waals surface area contributed by atoms with Crippen LogP contribution in [-0.4, -0.2) is 16.6 Å². The number of rotatable bonds is 2. The summed E-state index contributed by atoms with van der Waals surface area (Å²) in [6, 6.07) is 6.06. The molecule has 2 aromatic rings. The van der Waals surface area contributed by atoms with Gasteiger partial charge in [0.15, 0.2) is 0 Å². The van der Waals surface area contributed by atoms with Gasteiger partial charge in [-0.3, -0.25) is 0 Å². The van der Waals surface area contributed by atoms with Crippen molar-refractivity contribution in [2.24, 2.45) is 5.73 Å². The first-order valence-corrected chi connectivity index (χ1v) is 6.36. The number of aryl methyl sites for hydroxylation is 1. The quantitative estimate of drug-likeness (QED) is 0.875. The van der Waals surface area contributed by atoms with Crippen LogP contribution in [0.3, 0.4) is 0 Å². The van der Waals surface area contributed by atoms with E-state index in [9.17, 15) is 0 Å². The summed E-state index contributed by atoms with van der Waals surface area (Å²) in [7, 11) is 0. The SMILES string of the molecule is NCc1nc(-c2ccc3c(c2)CCCO3)c(Cl)[nH]1. The number of benzene rings is 1. The van der Waals surface area contributed by atoms with Gasteiger partial charge < -0.3 is 15.5 Å². The van der Waals surface area contributed by atoms with Crippen molar-refractivity contribution in [2.45, 2.75) is 19.4 Å². The van der Waals surface area contributed by atoms with Crippen molar-refractivity contribution in [3.63, 3.8) is 0 Å². The van der Waals surface area contributed by atoms with Crippen LogP contribution in [0.15, 0.2) is 18.2 Å². The Bertz CT molecular complexity index is 580. The lowest BCUT2D eigenvalue weighted by molar-refractivity contribution is 0.288. The molecule has 1 aliphatic heterocycles. The fraction of sp³-hybridized carbons (Fsp3) is 0.308. The molecule has 4 nitrogen and oxygen atoms in total. The van der Waals surface area contributed by atoms with Crippen molar-refractivity contribution in [1.82, 2.24) is 9.97 Å². The Hall–Kier alpha value is -1.52. The number of H-pyrrole nitrogens is 1. The highest BCUT2D eigenvalue weighted by Gasteiger charge is 2.14. The van der Waals surface area contributed by atoms with Crippen LogP contribution in [0.5, 0.6) is 5.75 Å². The molecule has 5 heteroatoms. The summed E-state index contributed by atoms with van der Waals surface area (Å²) >= 11 is 6.14. The summed E-state index contributed by atoms with van der Waals surface area (Å²) in [6.45, 7) is 1.15. The minimum Gasteiger partial charge on any atom is -0.493 e. The lowest BCUT2D eigenvalue weighted by Crippen LogP contribution is -2.08. The van der Waals surface area contributed by atoms with Gasteiger partial charge in [-0.15, -0.1) is 0 Å². The van der Waals surface area contributed by atoms with E-state index in [-0.39, 0.29) is 0 Å². The molecule has 0 amide bonds. The highest BCUT2D eigenvalue weighted by Crippen LogP contribution is 2.32. The molecule has 0 saturated heterocycles. The highest BCUT2D eigenvalue weighted by atomic mass is 35.5. The molecule has 0 saturated carbocycles. The molecule has 1 aliphatic rings. The number of halogens is 1. The summed E-state index contributed by atoms with van der Waals surface area (Å²) in [6.07, 6.45) is 2.09. The number of aromatic nitrogens is 2. The van der Waals surface area contributed by atoms with E-state index in [4.69, 9.17) is 22.1 Å². The van der Waals surface area contributed by atoms with Crippen LogP contribution in [0, 0.1) is 0 Å². The zero-order chi connectivity index (χ0) is 12.5. The van der Waals surface area contributed by atoms with E-state index >= 15 is 0 Å². The Balaban J connectivity index is 2.03. The number of nitrogens with two attached hydrogens (primary N) is 1. The van der Waals surface area contributed by atoms with Crippen molar-refractivity contribution >= 4 is 11.6 Å². The maximum Gasteiger partial charge on any atom is 0.134 e. The summed E-state index contributed by atoms with van der Waals surface area (Å²) in [5, 5.41) is 0.534. The molecular weight excluding hydrogens is 250 g/mol. The molecule has 2 heterocycles. The first-order chi connectivity index (χ1) is 8.78. The number of nitrogens with one attached hydrogen (secondary N) is 1. The summed E-state index contributed by atoms with van der Waals surface area (Å²) in [5.74, 6) is 1.67. The van der Waals surface area contributed by atoms with E-state index in [2.05, 4.69) is 16.0 Å². The second-order valence-electron chi connectivity index (χ2n) is 4.32. The van der Waals surface area contributed by atoms with E-state index in [1.807, 2.05) is 12.1 Å². The van der Waals surface area contributed by atoms with Crippen LogP contribution in [-0.2, 0) is 13.0 Å². The number of fused-ring (bicyclic) bond motifs is 1. The lowest BCUT2D eigenvalue weighted by Gasteiger charge is -2.17. The van der Waals surface area contributed by atoms with Crippen LogP contribution in [0.1, 0.15) is 17.8 Å². The molecular formula is C13H14ClN3O. The van der Waals surface area contributed by atoms with Crippen LogP contribution in [0.2, 0.25) is 5.15 Å². The molecule has 0 fully saturated rings. The van der Waals surface area contributed by atoms with E-state index < -0.39 is 0 Å². The predicted molar refractivity (Wildman–Crippen MR) is 70.7 cm³/mol. The molecule has 94 valence electrons. The number of aromatic amines is 1. The van der Waals surface area contributed by atoms with E-state index in [1.165, 1.54) is 5.56 Å². The van der Waals surface area contributed by atoms with Crippen LogP contribution in [0.4, 0.5) is 0 Å². The monoisotopic (exact) mass is 263 g/mol. The summed E-state index contributed by atoms with van der Waals surface area (Å²) < 4.78 is 5.59. The third-order valence-corrected chi connectivity index (χ3v) is 3.36. The van der Waals surface area contributed by atoms with Gasteiger partial charge in [0.05, 0.1) is 13.2 Å². The summed E-state index contributed by atoms with van der Waals surface area (Å²) in [5.41, 5.74) is 8.52. The molecule has 1 aromatic carbocycles. The molecule has 0 aliphatic carbocycles. The molecule has 0 radical (unpaired) electrons. The minimum absolute atomic E-state index is 0.355. The molecule has 0 unspecified atom stereocenters. The first-order valence-electron chi connectivity index (χ1n) is 5.98. The topological polar surface area (TPSA) is 63.9 Å². The Kier molecular flexibility index (Phi) is 2.97. The number of ether oxygens (including phenoxy) is 1. The second-order valence-corrected chi connectivity index (χ2v) is 4.70. The van der Waals surface area contributed by atoms with Gasteiger partial charge in [0.1, 0.15) is 22.4 Å². The van der Waals surface area contributed by atoms with E-state index in [0.29, 0.717) is 17.5 Å². The number of nitrogens with zero attached hydrogens (tertiary/aromatic N) is 1. The predicted octanol–water partition coefficient (Wildman–Crippen LogP) is 2.51. The zero-order valence-corrected chi connectivity index (χ0v) is 10.6. The highest BCUT2D eigenvalue weighted by molar-refractivity contribution is 6.31. The number of imidazole rings is 1. The Morgan fingerprint density at radius 2 is 2.33 bits per heavy atom. The van der Waals surface area contributed by atoms with Gasteiger partial charge in [0.25, 0.3) is 0 Å². The molecule has 18 heavy (non-hydrogen) atoms. The molecule has 0 spiro atoms. The Morgan fingerprint density at radius 3 is 3.11 bits per heavy atom. The van der Waals surface area contributed by atoms with Gasteiger partial charge in [-0.2, -0.15) is 0 Å². The summed E-state index contributed by atoms with van der Waals surface area (Å²) in [4.78, 5) is 7.37. The number of hydrogen-bond donors (Lipinski definition) is 2. The van der Waals surface area contributed by atoms with Gasteiger partial charge in [0.2, 0.25) is 0 Å². The van der Waals surface area contributed by atoms with E-state index in [1.54, 1.807) is 0 Å². The van der Waals surface area contributed by atoms with E-state index in [0.717, 1.165) is 36.5 Å². The molecule has 3 rings (SSSR count). The van der Waals surface area contributed by atoms with Crippen molar-refractivity contribution < 1.29 is 4.74 Å². The fourth-order valence-corrected chi connectivity index (χ4v) is 2.45. The van der Waals surface area contributed by atoms with Crippen molar-refractivity contribution in [3.05, 3.63) is 34.7 Å². The average molecular weight is 264 g/mol. The maximum absolute atomic E-state index is 6.14. The first kappa shape index (κ1) is 11.6. The molecule has 0 bridgehead atoms. The molecule has 1 aromatic heterocycles.